The summed E-state index contributed by atoms with van der Waals surface area (Å²) in [6.45, 7) is 3.18. The third-order valence-corrected chi connectivity index (χ3v) is 6.56. The summed E-state index contributed by atoms with van der Waals surface area (Å²) >= 11 is 0. The zero-order chi connectivity index (χ0) is 18.6. The van der Waals surface area contributed by atoms with E-state index in [1.165, 1.54) is 10.4 Å². The second-order valence-electron chi connectivity index (χ2n) is 6.50. The third-order valence-electron chi connectivity index (χ3n) is 4.67. The van der Waals surface area contributed by atoms with Crippen molar-refractivity contribution < 1.29 is 13.2 Å². The molecule has 1 amide bonds. The van der Waals surface area contributed by atoms with Gasteiger partial charge in [0, 0.05) is 24.3 Å². The van der Waals surface area contributed by atoms with Crippen LogP contribution in [-0.2, 0) is 16.4 Å². The molecular weight excluding hydrogens is 348 g/mol. The van der Waals surface area contributed by atoms with Gasteiger partial charge in [-0.05, 0) is 55.2 Å². The maximum atomic E-state index is 12.8. The molecule has 0 atom stereocenters. The third kappa shape index (κ3) is 4.14. The number of hydrogen-bond acceptors (Lipinski definition) is 3. The molecule has 1 saturated heterocycles. The molecule has 2 aromatic carbocycles. The number of anilines is 1. The van der Waals surface area contributed by atoms with E-state index in [1.54, 1.807) is 30.3 Å². The van der Waals surface area contributed by atoms with E-state index in [-0.39, 0.29) is 10.8 Å². The second-order valence-corrected chi connectivity index (χ2v) is 8.44. The number of carbonyl (C=O) groups is 1. The van der Waals surface area contributed by atoms with Crippen molar-refractivity contribution in [3.63, 3.8) is 0 Å². The number of sulfonamides is 1. The highest BCUT2D eigenvalue weighted by Crippen LogP contribution is 2.23. The summed E-state index contributed by atoms with van der Waals surface area (Å²) in [5.41, 5.74) is 2.19. The van der Waals surface area contributed by atoms with Gasteiger partial charge in [-0.2, -0.15) is 4.31 Å². The highest BCUT2D eigenvalue weighted by Gasteiger charge is 2.26. The standard InChI is InChI=1S/C20H24N2O3S/c1-2-16-9-11-17(12-10-16)20(23)21-18-7-6-8-19(15-18)26(24,25)22-13-4-3-5-14-22/h6-12,15H,2-5,13-14H2,1H3,(H,21,23). The van der Waals surface area contributed by atoms with Crippen molar-refractivity contribution in [1.29, 1.82) is 0 Å². The van der Waals surface area contributed by atoms with Gasteiger partial charge in [-0.15, -0.1) is 0 Å². The van der Waals surface area contributed by atoms with Crippen LogP contribution >= 0.6 is 0 Å². The van der Waals surface area contributed by atoms with E-state index in [0.717, 1.165) is 31.2 Å². The van der Waals surface area contributed by atoms with Crippen LogP contribution in [0.25, 0.3) is 0 Å². The molecule has 6 heteroatoms. The number of nitrogens with one attached hydrogen (secondary N) is 1. The van der Waals surface area contributed by atoms with Crippen molar-refractivity contribution in [2.75, 3.05) is 18.4 Å². The van der Waals surface area contributed by atoms with Crippen molar-refractivity contribution in [3.8, 4) is 0 Å². The molecule has 3 rings (SSSR count). The molecule has 0 spiro atoms. The molecule has 26 heavy (non-hydrogen) atoms. The minimum absolute atomic E-state index is 0.221. The summed E-state index contributed by atoms with van der Waals surface area (Å²) in [7, 11) is -3.51. The highest BCUT2D eigenvalue weighted by atomic mass is 32.2. The van der Waals surface area contributed by atoms with Crippen molar-refractivity contribution >= 4 is 21.6 Å². The lowest BCUT2D eigenvalue weighted by atomic mass is 10.1. The van der Waals surface area contributed by atoms with Crippen LogP contribution in [0.4, 0.5) is 5.69 Å². The average Bonchev–Trinajstić information content (AvgIpc) is 2.69. The number of benzene rings is 2. The summed E-state index contributed by atoms with van der Waals surface area (Å²) < 4.78 is 27.1. The van der Waals surface area contributed by atoms with Gasteiger partial charge in [-0.3, -0.25) is 4.79 Å². The molecule has 0 radical (unpaired) electrons. The minimum atomic E-state index is -3.51. The summed E-state index contributed by atoms with van der Waals surface area (Å²) in [6, 6.07) is 13.9. The van der Waals surface area contributed by atoms with Crippen molar-refractivity contribution in [1.82, 2.24) is 4.31 Å². The fourth-order valence-electron chi connectivity index (χ4n) is 3.08. The molecule has 1 aliphatic rings. The van der Waals surface area contributed by atoms with E-state index in [4.69, 9.17) is 0 Å². The van der Waals surface area contributed by atoms with E-state index >= 15 is 0 Å². The molecule has 1 aliphatic heterocycles. The first-order valence-corrected chi connectivity index (χ1v) is 10.5. The Morgan fingerprint density at radius 3 is 2.38 bits per heavy atom. The first-order chi connectivity index (χ1) is 12.5. The lowest BCUT2D eigenvalue weighted by Gasteiger charge is -2.26. The number of nitrogens with zero attached hydrogens (tertiary/aromatic N) is 1. The molecule has 5 nitrogen and oxygen atoms in total. The van der Waals surface area contributed by atoms with Crippen molar-refractivity contribution in [3.05, 3.63) is 59.7 Å². The predicted molar refractivity (Wildman–Crippen MR) is 103 cm³/mol. The predicted octanol–water partition coefficient (Wildman–Crippen LogP) is 3.68. The molecule has 1 N–H and O–H groups in total. The smallest absolute Gasteiger partial charge is 0.255 e. The molecular formula is C20H24N2O3S. The van der Waals surface area contributed by atoms with Crippen LogP contribution in [0.2, 0.25) is 0 Å². The highest BCUT2D eigenvalue weighted by molar-refractivity contribution is 7.89. The Morgan fingerprint density at radius 2 is 1.73 bits per heavy atom. The van der Waals surface area contributed by atoms with Gasteiger partial charge < -0.3 is 5.32 Å². The molecule has 1 fully saturated rings. The van der Waals surface area contributed by atoms with Gasteiger partial charge in [0.15, 0.2) is 0 Å². The zero-order valence-electron chi connectivity index (χ0n) is 14.9. The Hall–Kier alpha value is -2.18. The van der Waals surface area contributed by atoms with Crippen LogP contribution in [0.3, 0.4) is 0 Å². The summed E-state index contributed by atoms with van der Waals surface area (Å²) in [5, 5.41) is 2.79. The number of amides is 1. The monoisotopic (exact) mass is 372 g/mol. The molecule has 138 valence electrons. The molecule has 0 bridgehead atoms. The second kappa shape index (κ2) is 8.01. The van der Waals surface area contributed by atoms with E-state index in [1.807, 2.05) is 12.1 Å². The Morgan fingerprint density at radius 1 is 1.04 bits per heavy atom. The molecule has 2 aromatic rings. The number of piperidine rings is 1. The van der Waals surface area contributed by atoms with Gasteiger partial charge in [0.1, 0.15) is 0 Å². The zero-order valence-corrected chi connectivity index (χ0v) is 15.8. The van der Waals surface area contributed by atoms with E-state index in [0.29, 0.717) is 24.3 Å². The molecule has 0 saturated carbocycles. The molecule has 1 heterocycles. The van der Waals surface area contributed by atoms with Crippen LogP contribution < -0.4 is 5.32 Å². The van der Waals surface area contributed by atoms with Crippen LogP contribution in [0.1, 0.15) is 42.1 Å². The topological polar surface area (TPSA) is 66.5 Å². The van der Waals surface area contributed by atoms with Crippen molar-refractivity contribution in [2.45, 2.75) is 37.5 Å². The summed E-state index contributed by atoms with van der Waals surface area (Å²) in [5.74, 6) is -0.250. The maximum absolute atomic E-state index is 12.8. The van der Waals surface area contributed by atoms with Gasteiger partial charge in [0.25, 0.3) is 5.91 Å². The van der Waals surface area contributed by atoms with E-state index in [2.05, 4.69) is 12.2 Å². The first kappa shape index (κ1) is 18.6. The Kier molecular flexibility index (Phi) is 5.74. The molecule has 0 aliphatic carbocycles. The lowest BCUT2D eigenvalue weighted by Crippen LogP contribution is -2.35. The quantitative estimate of drug-likeness (QED) is 0.871. The molecule has 0 aromatic heterocycles. The lowest BCUT2D eigenvalue weighted by molar-refractivity contribution is 0.102. The Bertz CT molecular complexity index is 870. The fraction of sp³-hybridized carbons (Fsp3) is 0.350. The summed E-state index contributed by atoms with van der Waals surface area (Å²) in [4.78, 5) is 12.6. The number of rotatable bonds is 5. The number of hydrogen-bond donors (Lipinski definition) is 1. The van der Waals surface area contributed by atoms with Gasteiger partial charge in [-0.1, -0.05) is 31.5 Å². The van der Waals surface area contributed by atoms with Crippen LogP contribution in [0.5, 0.6) is 0 Å². The first-order valence-electron chi connectivity index (χ1n) is 9.01. The normalized spacial score (nSPS) is 15.6. The fourth-order valence-corrected chi connectivity index (χ4v) is 4.65. The van der Waals surface area contributed by atoms with E-state index in [9.17, 15) is 13.2 Å². The average molecular weight is 372 g/mol. The van der Waals surface area contributed by atoms with E-state index < -0.39 is 10.0 Å². The van der Waals surface area contributed by atoms with Crippen molar-refractivity contribution in [2.24, 2.45) is 0 Å². The summed E-state index contributed by atoms with van der Waals surface area (Å²) in [6.07, 6.45) is 3.77. The van der Waals surface area contributed by atoms with Gasteiger partial charge in [0.2, 0.25) is 10.0 Å². The Labute approximate surface area is 155 Å². The maximum Gasteiger partial charge on any atom is 0.255 e. The minimum Gasteiger partial charge on any atom is -0.322 e. The SMILES string of the molecule is CCc1ccc(C(=O)Nc2cccc(S(=O)(=O)N3CCCCC3)c2)cc1. The molecule has 0 unspecified atom stereocenters. The van der Waals surface area contributed by atoms with Gasteiger partial charge in [-0.25, -0.2) is 8.42 Å². The van der Waals surface area contributed by atoms with Crippen LogP contribution in [0, 0.1) is 0 Å². The number of aryl methyl sites for hydroxylation is 1. The van der Waals surface area contributed by atoms with Crippen LogP contribution in [0.15, 0.2) is 53.4 Å². The van der Waals surface area contributed by atoms with Crippen LogP contribution in [-0.4, -0.2) is 31.7 Å². The Balaban J connectivity index is 1.77. The van der Waals surface area contributed by atoms with Gasteiger partial charge >= 0.3 is 0 Å². The largest absolute Gasteiger partial charge is 0.322 e. The number of carbonyl (C=O) groups excluding carboxylic acids is 1. The van der Waals surface area contributed by atoms with Gasteiger partial charge in [0.05, 0.1) is 4.90 Å².